The van der Waals surface area contributed by atoms with Gasteiger partial charge in [-0.05, 0) is 29.7 Å². The van der Waals surface area contributed by atoms with Crippen LogP contribution in [0.25, 0.3) is 0 Å². The van der Waals surface area contributed by atoms with Gasteiger partial charge in [-0.25, -0.2) is 0 Å². The monoisotopic (exact) mass is 323 g/mol. The molecule has 0 N–H and O–H groups in total. The summed E-state index contributed by atoms with van der Waals surface area (Å²) in [7, 11) is 1.74. The van der Waals surface area contributed by atoms with Crippen LogP contribution in [0.3, 0.4) is 0 Å². The average Bonchev–Trinajstić information content (AvgIpc) is 2.90. The molecule has 1 heterocycles. The van der Waals surface area contributed by atoms with E-state index in [0.717, 1.165) is 17.6 Å². The Labute approximate surface area is 134 Å². The number of likely N-dealkylation sites (tertiary alicyclic amines) is 1. The quantitative estimate of drug-likeness (QED) is 0.634. The van der Waals surface area contributed by atoms with E-state index in [2.05, 4.69) is 6.19 Å². The number of rotatable bonds is 3. The smallest absolute Gasteiger partial charge is 0.246 e. The number of nitriles is 1. The molecular weight excluding hydrogens is 309 g/mol. The lowest BCUT2D eigenvalue weighted by Crippen LogP contribution is -2.24. The van der Waals surface area contributed by atoms with Gasteiger partial charge in [-0.2, -0.15) is 5.26 Å². The molecule has 1 saturated heterocycles. The van der Waals surface area contributed by atoms with Gasteiger partial charge in [0.15, 0.2) is 6.19 Å². The highest BCUT2D eigenvalue weighted by molar-refractivity contribution is 6.42. The molecule has 0 radical (unpaired) electrons. The van der Waals surface area contributed by atoms with Gasteiger partial charge < -0.3 is 9.80 Å². The van der Waals surface area contributed by atoms with E-state index in [1.54, 1.807) is 35.1 Å². The van der Waals surface area contributed by atoms with Crippen molar-refractivity contribution in [2.45, 2.75) is 13.0 Å². The first-order valence-corrected chi connectivity index (χ1v) is 7.28. The maximum atomic E-state index is 12.1. The zero-order valence-electron chi connectivity index (χ0n) is 11.6. The fraction of sp³-hybridized carbons (Fsp3) is 0.333. The highest BCUT2D eigenvalue weighted by Crippen LogP contribution is 2.23. The number of halogens is 2. The van der Waals surface area contributed by atoms with E-state index < -0.39 is 0 Å². The highest BCUT2D eigenvalue weighted by Gasteiger charge is 2.17. The normalized spacial score (nSPS) is 16.1. The molecule has 4 nitrogen and oxygen atoms in total. The van der Waals surface area contributed by atoms with Gasteiger partial charge in [-0.1, -0.05) is 29.3 Å². The molecule has 0 aromatic heterocycles. The summed E-state index contributed by atoms with van der Waals surface area (Å²) in [5.41, 5.74) is 1.91. The lowest BCUT2D eigenvalue weighted by atomic mass is 10.2. The summed E-state index contributed by atoms with van der Waals surface area (Å²) in [5, 5.41) is 9.78. The fourth-order valence-electron chi connectivity index (χ4n) is 2.16. The van der Waals surface area contributed by atoms with Gasteiger partial charge in [0.25, 0.3) is 0 Å². The molecule has 110 valence electrons. The lowest BCUT2D eigenvalue weighted by molar-refractivity contribution is -0.125. The van der Waals surface area contributed by atoms with Gasteiger partial charge >= 0.3 is 0 Å². The first kappa shape index (κ1) is 15.7. The van der Waals surface area contributed by atoms with E-state index in [1.807, 2.05) is 6.07 Å². The van der Waals surface area contributed by atoms with Crippen molar-refractivity contribution in [3.8, 4) is 6.19 Å². The molecule has 0 spiro atoms. The van der Waals surface area contributed by atoms with Crippen molar-refractivity contribution in [2.75, 3.05) is 20.1 Å². The third-order valence-corrected chi connectivity index (χ3v) is 4.08. The number of amides is 1. The zero-order chi connectivity index (χ0) is 15.4. The molecule has 0 aliphatic carbocycles. The van der Waals surface area contributed by atoms with Gasteiger partial charge in [0, 0.05) is 32.8 Å². The minimum Gasteiger partial charge on any atom is -0.338 e. The van der Waals surface area contributed by atoms with Crippen LogP contribution in [0.1, 0.15) is 12.0 Å². The Bertz CT molecular complexity index is 622. The van der Waals surface area contributed by atoms with Crippen LogP contribution < -0.4 is 0 Å². The maximum Gasteiger partial charge on any atom is 0.246 e. The third-order valence-electron chi connectivity index (χ3n) is 3.35. The summed E-state index contributed by atoms with van der Waals surface area (Å²) in [5.74, 6) is -0.0733. The number of carbonyl (C=O) groups is 1. The molecule has 1 aromatic carbocycles. The molecule has 1 aliphatic rings. The van der Waals surface area contributed by atoms with Crippen LogP contribution in [0.4, 0.5) is 0 Å². The standard InChI is InChI=1S/C15H15Cl2N3O/c1-19(8-11-2-3-13(16)14(17)6-11)15(21)7-12-4-5-20(9-12)10-18/h2-3,6-7H,4-5,8-9H2,1H3/b12-7-. The molecule has 6 heteroatoms. The summed E-state index contributed by atoms with van der Waals surface area (Å²) >= 11 is 11.8. The van der Waals surface area contributed by atoms with Crippen molar-refractivity contribution in [3.05, 3.63) is 45.5 Å². The first-order chi connectivity index (χ1) is 9.99. The van der Waals surface area contributed by atoms with Crippen molar-refractivity contribution in [3.63, 3.8) is 0 Å². The van der Waals surface area contributed by atoms with Crippen molar-refractivity contribution in [2.24, 2.45) is 0 Å². The van der Waals surface area contributed by atoms with Gasteiger partial charge in [-0.3, -0.25) is 4.79 Å². The number of likely N-dealkylation sites (N-methyl/N-ethyl adjacent to an activating group) is 1. The molecule has 1 amide bonds. The molecule has 1 aromatic rings. The Kier molecular flexibility index (Phi) is 5.11. The Morgan fingerprint density at radius 1 is 1.48 bits per heavy atom. The molecule has 1 fully saturated rings. The molecule has 21 heavy (non-hydrogen) atoms. The zero-order valence-corrected chi connectivity index (χ0v) is 13.2. The number of carbonyl (C=O) groups excluding carboxylic acids is 1. The minimum absolute atomic E-state index is 0.0733. The molecule has 1 aliphatic heterocycles. The van der Waals surface area contributed by atoms with E-state index >= 15 is 0 Å². The summed E-state index contributed by atoms with van der Waals surface area (Å²) < 4.78 is 0. The van der Waals surface area contributed by atoms with E-state index in [4.69, 9.17) is 28.5 Å². The Morgan fingerprint density at radius 2 is 2.24 bits per heavy atom. The average molecular weight is 324 g/mol. The predicted octanol–water partition coefficient (Wildman–Crippen LogP) is 3.06. The second-order valence-electron chi connectivity index (χ2n) is 5.02. The summed E-state index contributed by atoms with van der Waals surface area (Å²) in [6.07, 6.45) is 4.47. The second-order valence-corrected chi connectivity index (χ2v) is 5.83. The summed E-state index contributed by atoms with van der Waals surface area (Å²) in [6, 6.07) is 5.32. The molecule has 0 atom stereocenters. The van der Waals surface area contributed by atoms with Crippen LogP contribution in [-0.2, 0) is 11.3 Å². The SMILES string of the molecule is CN(Cc1ccc(Cl)c(Cl)c1)C(=O)/C=C1/CCN(C#N)C1. The summed E-state index contributed by atoms with van der Waals surface area (Å²) in [4.78, 5) is 15.4. The number of hydrogen-bond donors (Lipinski definition) is 0. The molecule has 2 rings (SSSR count). The Balaban J connectivity index is 1.98. The van der Waals surface area contributed by atoms with Crippen LogP contribution >= 0.6 is 23.2 Å². The van der Waals surface area contributed by atoms with Crippen LogP contribution in [0.2, 0.25) is 10.0 Å². The van der Waals surface area contributed by atoms with Gasteiger partial charge in [-0.15, -0.1) is 0 Å². The van der Waals surface area contributed by atoms with Crippen molar-refractivity contribution in [1.82, 2.24) is 9.80 Å². The second kappa shape index (κ2) is 6.84. The van der Waals surface area contributed by atoms with Gasteiger partial charge in [0.05, 0.1) is 10.0 Å². The van der Waals surface area contributed by atoms with Crippen LogP contribution in [0, 0.1) is 11.5 Å². The van der Waals surface area contributed by atoms with Crippen molar-refractivity contribution < 1.29 is 4.79 Å². The number of hydrogen-bond acceptors (Lipinski definition) is 3. The molecular formula is C15H15Cl2N3O. The van der Waals surface area contributed by atoms with E-state index in [-0.39, 0.29) is 5.91 Å². The fourth-order valence-corrected chi connectivity index (χ4v) is 2.48. The molecule has 0 unspecified atom stereocenters. The Morgan fingerprint density at radius 3 is 2.86 bits per heavy atom. The van der Waals surface area contributed by atoms with E-state index in [1.165, 1.54) is 0 Å². The van der Waals surface area contributed by atoms with Crippen LogP contribution in [0.5, 0.6) is 0 Å². The largest absolute Gasteiger partial charge is 0.338 e. The van der Waals surface area contributed by atoms with Gasteiger partial charge in [0.2, 0.25) is 5.91 Å². The van der Waals surface area contributed by atoms with Crippen LogP contribution in [-0.4, -0.2) is 35.8 Å². The van der Waals surface area contributed by atoms with Crippen LogP contribution in [0.15, 0.2) is 29.8 Å². The molecule has 0 bridgehead atoms. The van der Waals surface area contributed by atoms with E-state index in [9.17, 15) is 4.79 Å². The van der Waals surface area contributed by atoms with E-state index in [0.29, 0.717) is 29.7 Å². The summed E-state index contributed by atoms with van der Waals surface area (Å²) in [6.45, 7) is 1.69. The predicted molar refractivity (Wildman–Crippen MR) is 82.8 cm³/mol. The first-order valence-electron chi connectivity index (χ1n) is 6.52. The lowest BCUT2D eigenvalue weighted by Gasteiger charge is -2.16. The third kappa shape index (κ3) is 4.13. The van der Waals surface area contributed by atoms with Crippen molar-refractivity contribution >= 4 is 29.1 Å². The Hall–Kier alpha value is -1.70. The minimum atomic E-state index is -0.0733. The highest BCUT2D eigenvalue weighted by atomic mass is 35.5. The number of benzene rings is 1. The van der Waals surface area contributed by atoms with Gasteiger partial charge in [0.1, 0.15) is 0 Å². The maximum absolute atomic E-state index is 12.1. The molecule has 0 saturated carbocycles. The van der Waals surface area contributed by atoms with Crippen molar-refractivity contribution in [1.29, 1.82) is 5.26 Å². The topological polar surface area (TPSA) is 47.3 Å². The number of nitrogens with zero attached hydrogens (tertiary/aromatic N) is 3.